The first-order chi connectivity index (χ1) is 10.7. The van der Waals surface area contributed by atoms with Crippen molar-refractivity contribution in [2.24, 2.45) is 0 Å². The maximum Gasteiger partial charge on any atom is 0.232 e. The molecule has 0 amide bonds. The molecule has 0 saturated carbocycles. The Morgan fingerprint density at radius 1 is 1.18 bits per heavy atom. The zero-order valence-electron chi connectivity index (χ0n) is 12.4. The lowest BCUT2D eigenvalue weighted by Gasteiger charge is -2.07. The third kappa shape index (κ3) is 2.97. The molecule has 2 heterocycles. The molecule has 0 spiro atoms. The normalized spacial score (nSPS) is 12.6. The Hall–Kier alpha value is -1.56. The summed E-state index contributed by atoms with van der Waals surface area (Å²) >= 11 is 0.430. The van der Waals surface area contributed by atoms with Gasteiger partial charge in [-0.25, -0.2) is 4.98 Å². The van der Waals surface area contributed by atoms with Crippen molar-refractivity contribution < 1.29 is 4.55 Å². The summed E-state index contributed by atoms with van der Waals surface area (Å²) in [5.74, 6) is 0.666. The number of pyridine rings is 1. The molecule has 114 valence electrons. The number of aromatic nitrogens is 1. The third-order valence-electron chi connectivity index (χ3n) is 3.52. The van der Waals surface area contributed by atoms with Gasteiger partial charge >= 0.3 is 0 Å². The molecule has 0 bridgehead atoms. The lowest BCUT2D eigenvalue weighted by Crippen LogP contribution is -2.06. The third-order valence-corrected chi connectivity index (χ3v) is 6.53. The van der Waals surface area contributed by atoms with Gasteiger partial charge in [0.25, 0.3) is 0 Å². The van der Waals surface area contributed by atoms with E-state index in [0.29, 0.717) is 11.4 Å². The van der Waals surface area contributed by atoms with Crippen LogP contribution < -0.4 is 5.73 Å². The quantitative estimate of drug-likeness (QED) is 0.703. The Morgan fingerprint density at radius 3 is 2.68 bits per heavy atom. The van der Waals surface area contributed by atoms with Gasteiger partial charge in [-0.05, 0) is 29.7 Å². The highest BCUT2D eigenvalue weighted by Crippen LogP contribution is 2.37. The van der Waals surface area contributed by atoms with E-state index in [1.165, 1.54) is 11.3 Å². The van der Waals surface area contributed by atoms with E-state index < -0.39 is 11.2 Å². The first-order valence-electron chi connectivity index (χ1n) is 7.33. The van der Waals surface area contributed by atoms with Gasteiger partial charge in [-0.1, -0.05) is 55.0 Å². The molecule has 0 radical (unpaired) electrons. The molecule has 1 unspecified atom stereocenters. The second-order valence-electron chi connectivity index (χ2n) is 5.12. The molecule has 1 atom stereocenters. The molecule has 3 rings (SSSR count). The largest absolute Gasteiger partial charge is 0.611 e. The van der Waals surface area contributed by atoms with Crippen LogP contribution in [0.15, 0.2) is 46.7 Å². The number of unbranched alkanes of at least 4 members (excludes halogenated alkanes) is 1. The highest BCUT2D eigenvalue weighted by atomic mass is 32.2. The maximum absolute atomic E-state index is 12.4. The van der Waals surface area contributed by atoms with Gasteiger partial charge in [0, 0.05) is 10.9 Å². The fourth-order valence-corrected chi connectivity index (χ4v) is 5.06. The second kappa shape index (κ2) is 6.69. The van der Waals surface area contributed by atoms with Gasteiger partial charge in [0.15, 0.2) is 0 Å². The Bertz CT molecular complexity index is 771. The van der Waals surface area contributed by atoms with Gasteiger partial charge in [-0.3, -0.25) is 0 Å². The van der Waals surface area contributed by atoms with E-state index in [0.717, 1.165) is 38.5 Å². The van der Waals surface area contributed by atoms with Crippen LogP contribution in [0.2, 0.25) is 0 Å². The number of anilines is 1. The molecule has 2 N–H and O–H groups in total. The first kappa shape index (κ1) is 15.3. The highest BCUT2D eigenvalue weighted by Gasteiger charge is 2.21. The van der Waals surface area contributed by atoms with Crippen LogP contribution in [0.3, 0.4) is 0 Å². The molecule has 3 aromatic rings. The molecule has 0 aliphatic carbocycles. The maximum atomic E-state index is 12.4. The average molecular weight is 330 g/mol. The van der Waals surface area contributed by atoms with E-state index in [2.05, 4.69) is 6.92 Å². The summed E-state index contributed by atoms with van der Waals surface area (Å²) in [7, 11) is 0. The number of nitrogen functional groups attached to an aromatic ring is 1. The standard InChI is InChI=1S/C17H18N2OS2/c1-2-3-11-22(20)17-15(18)13-9-10-14(19-16(13)21-17)12-7-5-4-6-8-12/h4-10H,2-3,11,18H2,1H3. The van der Waals surface area contributed by atoms with Crippen molar-refractivity contribution in [2.75, 3.05) is 11.5 Å². The summed E-state index contributed by atoms with van der Waals surface area (Å²) < 4.78 is 13.1. The molecule has 3 nitrogen and oxygen atoms in total. The van der Waals surface area contributed by atoms with Crippen molar-refractivity contribution in [1.82, 2.24) is 4.98 Å². The lowest BCUT2D eigenvalue weighted by molar-refractivity contribution is 0.594. The molecule has 1 aromatic carbocycles. The van der Waals surface area contributed by atoms with Crippen LogP contribution in [-0.2, 0) is 11.2 Å². The Labute approximate surface area is 137 Å². The highest BCUT2D eigenvalue weighted by molar-refractivity contribution is 7.93. The zero-order valence-corrected chi connectivity index (χ0v) is 14.0. The number of fused-ring (bicyclic) bond motifs is 1. The van der Waals surface area contributed by atoms with E-state index in [-0.39, 0.29) is 0 Å². The molecule has 0 aliphatic rings. The van der Waals surface area contributed by atoms with Crippen LogP contribution in [0.1, 0.15) is 19.8 Å². The lowest BCUT2D eigenvalue weighted by atomic mass is 10.1. The summed E-state index contributed by atoms with van der Waals surface area (Å²) in [6.45, 7) is 2.10. The fourth-order valence-electron chi connectivity index (χ4n) is 2.28. The monoisotopic (exact) mass is 330 g/mol. The van der Waals surface area contributed by atoms with Gasteiger partial charge in [-0.2, -0.15) is 0 Å². The van der Waals surface area contributed by atoms with E-state index in [4.69, 9.17) is 10.7 Å². The van der Waals surface area contributed by atoms with Crippen molar-refractivity contribution in [3.63, 3.8) is 0 Å². The van der Waals surface area contributed by atoms with Crippen molar-refractivity contribution >= 4 is 38.4 Å². The van der Waals surface area contributed by atoms with E-state index >= 15 is 0 Å². The molecule has 0 fully saturated rings. The van der Waals surface area contributed by atoms with Gasteiger partial charge in [0.1, 0.15) is 16.3 Å². The Morgan fingerprint density at radius 2 is 1.95 bits per heavy atom. The van der Waals surface area contributed by atoms with Crippen LogP contribution in [-0.4, -0.2) is 15.3 Å². The van der Waals surface area contributed by atoms with E-state index in [1.807, 2.05) is 42.5 Å². The minimum Gasteiger partial charge on any atom is -0.611 e. The molecular weight excluding hydrogens is 312 g/mol. The minimum absolute atomic E-state index is 0.626. The Kier molecular flexibility index (Phi) is 4.66. The summed E-state index contributed by atoms with van der Waals surface area (Å²) in [6, 6.07) is 14.0. The van der Waals surface area contributed by atoms with Crippen molar-refractivity contribution in [2.45, 2.75) is 24.0 Å². The van der Waals surface area contributed by atoms with Gasteiger partial charge in [0.05, 0.1) is 5.69 Å². The molecule has 22 heavy (non-hydrogen) atoms. The van der Waals surface area contributed by atoms with Crippen LogP contribution >= 0.6 is 11.3 Å². The number of nitrogens with two attached hydrogens (primary N) is 1. The van der Waals surface area contributed by atoms with Crippen LogP contribution in [0.25, 0.3) is 21.5 Å². The number of benzene rings is 1. The fraction of sp³-hybridized carbons (Fsp3) is 0.235. The second-order valence-corrected chi connectivity index (χ2v) is 7.89. The summed E-state index contributed by atoms with van der Waals surface area (Å²) in [4.78, 5) is 5.55. The summed E-state index contributed by atoms with van der Waals surface area (Å²) in [6.07, 6.45) is 1.98. The number of rotatable bonds is 5. The van der Waals surface area contributed by atoms with Crippen LogP contribution in [0.4, 0.5) is 5.69 Å². The van der Waals surface area contributed by atoms with E-state index in [9.17, 15) is 4.55 Å². The zero-order chi connectivity index (χ0) is 15.5. The topological polar surface area (TPSA) is 62.0 Å². The predicted octanol–water partition coefficient (Wildman–Crippen LogP) is 4.45. The molecule has 2 aromatic heterocycles. The van der Waals surface area contributed by atoms with Gasteiger partial charge in [-0.15, -0.1) is 0 Å². The van der Waals surface area contributed by atoms with Crippen molar-refractivity contribution in [1.29, 1.82) is 0 Å². The van der Waals surface area contributed by atoms with Crippen LogP contribution in [0.5, 0.6) is 0 Å². The predicted molar refractivity (Wildman–Crippen MR) is 95.7 cm³/mol. The smallest absolute Gasteiger partial charge is 0.232 e. The average Bonchev–Trinajstić information content (AvgIpc) is 2.90. The Balaban J connectivity index is 1.99. The van der Waals surface area contributed by atoms with Crippen LogP contribution in [0, 0.1) is 0 Å². The number of hydrogen-bond donors (Lipinski definition) is 1. The van der Waals surface area contributed by atoms with Crippen molar-refractivity contribution in [3.05, 3.63) is 42.5 Å². The SMILES string of the molecule is CCCC[S+]([O-])c1sc2nc(-c3ccccc3)ccc2c1N. The number of hydrogen-bond acceptors (Lipinski definition) is 4. The first-order valence-corrected chi connectivity index (χ1v) is 9.47. The number of thiophene rings is 1. The molecular formula is C17H18N2OS2. The molecule has 0 aliphatic heterocycles. The number of nitrogens with zero attached hydrogens (tertiary/aromatic N) is 1. The minimum atomic E-state index is -1.03. The van der Waals surface area contributed by atoms with Gasteiger partial charge < -0.3 is 10.3 Å². The molecule has 5 heteroatoms. The van der Waals surface area contributed by atoms with E-state index in [1.54, 1.807) is 0 Å². The van der Waals surface area contributed by atoms with Crippen molar-refractivity contribution in [3.8, 4) is 11.3 Å². The summed E-state index contributed by atoms with van der Waals surface area (Å²) in [5, 5.41) is 0.907. The summed E-state index contributed by atoms with van der Waals surface area (Å²) in [5.41, 5.74) is 8.80. The molecule has 0 saturated heterocycles. The van der Waals surface area contributed by atoms with Gasteiger partial charge in [0.2, 0.25) is 4.21 Å².